The fourth-order valence-corrected chi connectivity index (χ4v) is 2.66. The molecule has 0 fully saturated rings. The molecule has 0 spiro atoms. The Hall–Kier alpha value is -2.21. The zero-order valence-electron chi connectivity index (χ0n) is 12.3. The summed E-state index contributed by atoms with van der Waals surface area (Å²) in [6.07, 6.45) is -0.0468. The molecule has 7 heteroatoms. The highest BCUT2D eigenvalue weighted by atomic mass is 35.5. The van der Waals surface area contributed by atoms with Crippen molar-refractivity contribution in [2.45, 2.75) is 20.0 Å². The fraction of sp³-hybridized carbons (Fsp3) is 0.333. The molecular formula is C15H16ClN3O3. The van der Waals surface area contributed by atoms with Crippen LogP contribution < -0.4 is 15.0 Å². The average Bonchev–Trinajstić information content (AvgIpc) is 2.85. The third-order valence-corrected chi connectivity index (χ3v) is 3.61. The normalized spacial score (nSPS) is 16.9. The number of nitrogens with one attached hydrogen (secondary N) is 1. The summed E-state index contributed by atoms with van der Waals surface area (Å²) in [5.74, 6) is 1.50. The molecule has 1 aromatic heterocycles. The van der Waals surface area contributed by atoms with Crippen LogP contribution in [0.15, 0.2) is 28.8 Å². The number of halogens is 1. The van der Waals surface area contributed by atoms with Gasteiger partial charge < -0.3 is 19.5 Å². The number of anilines is 2. The van der Waals surface area contributed by atoms with Gasteiger partial charge in [0.25, 0.3) is 0 Å². The van der Waals surface area contributed by atoms with Gasteiger partial charge in [0, 0.05) is 6.07 Å². The number of rotatable bonds is 3. The van der Waals surface area contributed by atoms with Gasteiger partial charge in [-0.2, -0.15) is 0 Å². The number of carbonyl (C=O) groups is 1. The van der Waals surface area contributed by atoms with Crippen molar-refractivity contribution in [1.29, 1.82) is 0 Å². The van der Waals surface area contributed by atoms with E-state index in [-0.39, 0.29) is 18.6 Å². The number of para-hydroxylation sites is 1. The van der Waals surface area contributed by atoms with Crippen LogP contribution in [-0.2, 0) is 4.79 Å². The predicted molar refractivity (Wildman–Crippen MR) is 83.6 cm³/mol. The number of aryl methyl sites for hydroxylation is 1. The van der Waals surface area contributed by atoms with Gasteiger partial charge >= 0.3 is 0 Å². The van der Waals surface area contributed by atoms with E-state index in [4.69, 9.17) is 20.9 Å². The molecule has 0 bridgehead atoms. The van der Waals surface area contributed by atoms with Gasteiger partial charge in [-0.1, -0.05) is 22.8 Å². The summed E-state index contributed by atoms with van der Waals surface area (Å²) < 4.78 is 10.7. The zero-order valence-corrected chi connectivity index (χ0v) is 13.1. The first-order valence-corrected chi connectivity index (χ1v) is 7.34. The van der Waals surface area contributed by atoms with E-state index in [9.17, 15) is 4.79 Å². The first-order valence-electron chi connectivity index (χ1n) is 6.96. The largest absolute Gasteiger partial charge is 0.485 e. The van der Waals surface area contributed by atoms with E-state index in [0.717, 1.165) is 5.69 Å². The molecule has 0 saturated heterocycles. The van der Waals surface area contributed by atoms with E-state index in [1.165, 1.54) is 0 Å². The van der Waals surface area contributed by atoms with Crippen molar-refractivity contribution in [1.82, 2.24) is 5.16 Å². The quantitative estimate of drug-likeness (QED) is 0.941. The number of fused-ring (bicyclic) bond motifs is 1. The number of carbonyl (C=O) groups excluding carboxylic acids is 1. The molecule has 1 atom stereocenters. The van der Waals surface area contributed by atoms with Gasteiger partial charge in [0.05, 0.1) is 23.8 Å². The first kappa shape index (κ1) is 14.7. The van der Waals surface area contributed by atoms with Crippen LogP contribution in [0.4, 0.5) is 11.5 Å². The Bertz CT molecular complexity index is 701. The van der Waals surface area contributed by atoms with Gasteiger partial charge in [-0.05, 0) is 26.0 Å². The van der Waals surface area contributed by atoms with Crippen molar-refractivity contribution in [2.24, 2.45) is 0 Å². The Morgan fingerprint density at radius 3 is 3.09 bits per heavy atom. The van der Waals surface area contributed by atoms with Crippen LogP contribution in [0.1, 0.15) is 12.7 Å². The van der Waals surface area contributed by atoms with Crippen LogP contribution in [0.2, 0.25) is 5.02 Å². The predicted octanol–water partition coefficient (Wildman–Crippen LogP) is 2.86. The summed E-state index contributed by atoms with van der Waals surface area (Å²) in [4.78, 5) is 14.1. The molecule has 22 heavy (non-hydrogen) atoms. The molecule has 116 valence electrons. The van der Waals surface area contributed by atoms with Crippen LogP contribution in [0.5, 0.6) is 5.75 Å². The lowest BCUT2D eigenvalue weighted by atomic mass is 10.2. The summed E-state index contributed by atoms with van der Waals surface area (Å²) in [7, 11) is 0. The third-order valence-electron chi connectivity index (χ3n) is 3.31. The van der Waals surface area contributed by atoms with Crippen molar-refractivity contribution in [2.75, 3.05) is 23.3 Å². The molecular weight excluding hydrogens is 306 g/mol. The molecule has 1 N–H and O–H groups in total. The molecule has 0 radical (unpaired) electrons. The summed E-state index contributed by atoms with van der Waals surface area (Å²) in [5.41, 5.74) is 0.817. The number of benzene rings is 1. The SMILES string of the molecule is Cc1cc(NC(=O)CN2CC(C)Oc3c(Cl)cccc32)no1. The van der Waals surface area contributed by atoms with E-state index >= 15 is 0 Å². The molecule has 0 aliphatic carbocycles. The molecule has 1 aromatic carbocycles. The van der Waals surface area contributed by atoms with E-state index in [2.05, 4.69) is 10.5 Å². The van der Waals surface area contributed by atoms with Gasteiger partial charge in [0.1, 0.15) is 11.9 Å². The maximum Gasteiger partial charge on any atom is 0.245 e. The molecule has 2 aromatic rings. The Balaban J connectivity index is 1.75. The van der Waals surface area contributed by atoms with Crippen LogP contribution in [0.25, 0.3) is 0 Å². The highest BCUT2D eigenvalue weighted by Gasteiger charge is 2.26. The molecule has 1 amide bonds. The van der Waals surface area contributed by atoms with Crippen LogP contribution >= 0.6 is 11.6 Å². The summed E-state index contributed by atoms with van der Waals surface area (Å²) >= 11 is 6.17. The van der Waals surface area contributed by atoms with E-state index in [1.807, 2.05) is 24.0 Å². The van der Waals surface area contributed by atoms with Gasteiger partial charge in [0.2, 0.25) is 5.91 Å². The molecule has 0 saturated carbocycles. The monoisotopic (exact) mass is 321 g/mol. The smallest absolute Gasteiger partial charge is 0.245 e. The fourth-order valence-electron chi connectivity index (χ4n) is 2.44. The Labute approximate surface area is 133 Å². The van der Waals surface area contributed by atoms with Crippen molar-refractivity contribution in [3.8, 4) is 5.75 Å². The van der Waals surface area contributed by atoms with Crippen molar-refractivity contribution >= 4 is 29.0 Å². The Kier molecular flexibility index (Phi) is 3.94. The summed E-state index contributed by atoms with van der Waals surface area (Å²) in [6.45, 7) is 4.51. The highest BCUT2D eigenvalue weighted by Crippen LogP contribution is 2.39. The van der Waals surface area contributed by atoms with Crippen molar-refractivity contribution in [3.05, 3.63) is 35.0 Å². The number of nitrogens with zero attached hydrogens (tertiary/aromatic N) is 2. The number of hydrogen-bond acceptors (Lipinski definition) is 5. The van der Waals surface area contributed by atoms with Crippen LogP contribution in [0.3, 0.4) is 0 Å². The van der Waals surface area contributed by atoms with Crippen LogP contribution in [0, 0.1) is 6.92 Å². The first-order chi connectivity index (χ1) is 10.5. The number of hydrogen-bond donors (Lipinski definition) is 1. The van der Waals surface area contributed by atoms with E-state index in [0.29, 0.717) is 28.9 Å². The second-order valence-corrected chi connectivity index (χ2v) is 5.68. The summed E-state index contributed by atoms with van der Waals surface area (Å²) in [5, 5.41) is 7.01. The minimum absolute atomic E-state index is 0.0468. The lowest BCUT2D eigenvalue weighted by Crippen LogP contribution is -2.42. The molecule has 1 aliphatic rings. The Morgan fingerprint density at radius 2 is 2.36 bits per heavy atom. The van der Waals surface area contributed by atoms with Gasteiger partial charge in [0.15, 0.2) is 11.6 Å². The minimum atomic E-state index is -0.173. The average molecular weight is 322 g/mol. The topological polar surface area (TPSA) is 67.6 Å². The van der Waals surface area contributed by atoms with Crippen molar-refractivity contribution in [3.63, 3.8) is 0 Å². The highest BCUT2D eigenvalue weighted by molar-refractivity contribution is 6.32. The molecule has 1 unspecified atom stereocenters. The molecule has 2 heterocycles. The van der Waals surface area contributed by atoms with Gasteiger partial charge in [-0.15, -0.1) is 0 Å². The Morgan fingerprint density at radius 1 is 1.55 bits per heavy atom. The minimum Gasteiger partial charge on any atom is -0.485 e. The molecule has 6 nitrogen and oxygen atoms in total. The van der Waals surface area contributed by atoms with Gasteiger partial charge in [-0.25, -0.2) is 0 Å². The van der Waals surface area contributed by atoms with Crippen molar-refractivity contribution < 1.29 is 14.1 Å². The second kappa shape index (κ2) is 5.88. The van der Waals surface area contributed by atoms with Crippen LogP contribution in [-0.4, -0.2) is 30.3 Å². The number of ether oxygens (including phenoxy) is 1. The van der Waals surface area contributed by atoms with E-state index < -0.39 is 0 Å². The second-order valence-electron chi connectivity index (χ2n) is 5.27. The molecule has 3 rings (SSSR count). The molecule has 1 aliphatic heterocycles. The maximum absolute atomic E-state index is 12.2. The van der Waals surface area contributed by atoms with Gasteiger partial charge in [-0.3, -0.25) is 4.79 Å². The lowest BCUT2D eigenvalue weighted by molar-refractivity contribution is -0.115. The number of amides is 1. The third kappa shape index (κ3) is 3.01. The number of aromatic nitrogens is 1. The van der Waals surface area contributed by atoms with E-state index in [1.54, 1.807) is 19.1 Å². The lowest BCUT2D eigenvalue weighted by Gasteiger charge is -2.34. The standard InChI is InChI=1S/C15H16ClN3O3/c1-9-6-13(18-22-9)17-14(20)8-19-7-10(2)21-15-11(16)4-3-5-12(15)19/h3-6,10H,7-8H2,1-2H3,(H,17,18,20). The summed E-state index contributed by atoms with van der Waals surface area (Å²) in [6, 6.07) is 7.17. The maximum atomic E-state index is 12.2. The zero-order chi connectivity index (χ0) is 15.7.